The van der Waals surface area contributed by atoms with Crippen molar-refractivity contribution in [2.45, 2.75) is 25.9 Å². The van der Waals surface area contributed by atoms with Crippen molar-refractivity contribution in [3.63, 3.8) is 0 Å². The van der Waals surface area contributed by atoms with E-state index in [2.05, 4.69) is 12.2 Å². The van der Waals surface area contributed by atoms with Gasteiger partial charge < -0.3 is 20.3 Å². The monoisotopic (exact) mass is 191 g/mol. The van der Waals surface area contributed by atoms with Gasteiger partial charge in [-0.1, -0.05) is 6.92 Å². The van der Waals surface area contributed by atoms with E-state index in [4.69, 9.17) is 14.9 Å². The summed E-state index contributed by atoms with van der Waals surface area (Å²) < 4.78 is 5.26. The Labute approximate surface area is 79.9 Å². The Bertz CT molecular complexity index is 101. The van der Waals surface area contributed by atoms with Crippen LogP contribution in [-0.2, 0) is 4.74 Å². The second-order valence-corrected chi connectivity index (χ2v) is 3.01. The Morgan fingerprint density at radius 1 is 1.38 bits per heavy atom. The first-order valence-corrected chi connectivity index (χ1v) is 4.88. The van der Waals surface area contributed by atoms with Gasteiger partial charge in [-0.15, -0.1) is 0 Å². The average molecular weight is 191 g/mol. The Balaban J connectivity index is 2.91. The van der Waals surface area contributed by atoms with Gasteiger partial charge in [0.1, 0.15) is 0 Å². The molecular weight excluding hydrogens is 170 g/mol. The van der Waals surface area contributed by atoms with Gasteiger partial charge in [0.15, 0.2) is 0 Å². The SMILES string of the molecule is CCCOCCCNC[C@H](O)CO. The fourth-order valence-electron chi connectivity index (χ4n) is 0.879. The van der Waals surface area contributed by atoms with Gasteiger partial charge in [-0.2, -0.15) is 0 Å². The molecule has 0 aromatic rings. The number of aliphatic hydroxyl groups is 2. The normalized spacial score (nSPS) is 13.2. The minimum atomic E-state index is -0.642. The molecule has 4 heteroatoms. The van der Waals surface area contributed by atoms with Crippen LogP contribution in [0.3, 0.4) is 0 Å². The standard InChI is InChI=1S/C9H21NO3/c1-2-5-13-6-3-4-10-7-9(12)8-11/h9-12H,2-8H2,1H3/t9-/m0/s1. The minimum Gasteiger partial charge on any atom is -0.394 e. The third kappa shape index (κ3) is 9.76. The fraction of sp³-hybridized carbons (Fsp3) is 1.00. The molecule has 0 radical (unpaired) electrons. The molecule has 0 heterocycles. The van der Waals surface area contributed by atoms with Crippen LogP contribution in [0.4, 0.5) is 0 Å². The molecule has 0 unspecified atom stereocenters. The van der Waals surface area contributed by atoms with Gasteiger partial charge in [-0.25, -0.2) is 0 Å². The lowest BCUT2D eigenvalue weighted by Gasteiger charge is -2.08. The minimum absolute atomic E-state index is 0.181. The lowest BCUT2D eigenvalue weighted by molar-refractivity contribution is 0.0926. The van der Waals surface area contributed by atoms with Crippen LogP contribution in [0.1, 0.15) is 19.8 Å². The number of hydrogen-bond acceptors (Lipinski definition) is 4. The second-order valence-electron chi connectivity index (χ2n) is 3.01. The van der Waals surface area contributed by atoms with Gasteiger partial charge in [0, 0.05) is 19.8 Å². The molecule has 0 spiro atoms. The second kappa shape index (κ2) is 9.92. The van der Waals surface area contributed by atoms with E-state index in [-0.39, 0.29) is 6.61 Å². The van der Waals surface area contributed by atoms with Gasteiger partial charge in [-0.3, -0.25) is 0 Å². The van der Waals surface area contributed by atoms with Crippen molar-refractivity contribution >= 4 is 0 Å². The number of rotatable bonds is 9. The van der Waals surface area contributed by atoms with Crippen LogP contribution in [0, 0.1) is 0 Å². The van der Waals surface area contributed by atoms with E-state index in [0.717, 1.165) is 32.6 Å². The largest absolute Gasteiger partial charge is 0.394 e. The highest BCUT2D eigenvalue weighted by atomic mass is 16.5. The first-order valence-electron chi connectivity index (χ1n) is 4.88. The number of ether oxygens (including phenoxy) is 1. The van der Waals surface area contributed by atoms with E-state index < -0.39 is 6.10 Å². The predicted octanol–water partition coefficient (Wildman–Crippen LogP) is -0.254. The van der Waals surface area contributed by atoms with Crippen LogP contribution in [0.2, 0.25) is 0 Å². The Morgan fingerprint density at radius 3 is 2.77 bits per heavy atom. The van der Waals surface area contributed by atoms with Gasteiger partial charge in [0.05, 0.1) is 12.7 Å². The van der Waals surface area contributed by atoms with Crippen LogP contribution in [0.5, 0.6) is 0 Å². The summed E-state index contributed by atoms with van der Waals surface area (Å²) in [5.74, 6) is 0. The summed E-state index contributed by atoms with van der Waals surface area (Å²) >= 11 is 0. The quantitative estimate of drug-likeness (QED) is 0.440. The molecule has 0 aromatic carbocycles. The summed E-state index contributed by atoms with van der Waals surface area (Å²) in [7, 11) is 0. The zero-order valence-electron chi connectivity index (χ0n) is 8.33. The van der Waals surface area contributed by atoms with E-state index in [1.54, 1.807) is 0 Å². The summed E-state index contributed by atoms with van der Waals surface area (Å²) in [6.07, 6.45) is 1.35. The number of hydrogen-bond donors (Lipinski definition) is 3. The highest BCUT2D eigenvalue weighted by Gasteiger charge is 1.99. The maximum Gasteiger partial charge on any atom is 0.0894 e. The molecule has 3 N–H and O–H groups in total. The number of aliphatic hydroxyl groups excluding tert-OH is 2. The summed E-state index contributed by atoms with van der Waals surface area (Å²) in [5, 5.41) is 20.5. The molecule has 0 saturated heterocycles. The molecule has 13 heavy (non-hydrogen) atoms. The first-order chi connectivity index (χ1) is 6.31. The van der Waals surface area contributed by atoms with Crippen molar-refractivity contribution in [2.24, 2.45) is 0 Å². The third-order valence-corrected chi connectivity index (χ3v) is 1.58. The predicted molar refractivity (Wildman–Crippen MR) is 51.7 cm³/mol. The molecule has 4 nitrogen and oxygen atoms in total. The maximum absolute atomic E-state index is 8.95. The summed E-state index contributed by atoms with van der Waals surface area (Å²) in [6.45, 7) is 4.75. The molecule has 0 aliphatic rings. The molecule has 0 saturated carbocycles. The van der Waals surface area contributed by atoms with Gasteiger partial charge in [0.2, 0.25) is 0 Å². The van der Waals surface area contributed by atoms with Crippen LogP contribution >= 0.6 is 0 Å². The van der Waals surface area contributed by atoms with Gasteiger partial charge >= 0.3 is 0 Å². The van der Waals surface area contributed by atoms with Gasteiger partial charge in [0.25, 0.3) is 0 Å². The van der Waals surface area contributed by atoms with Crippen molar-refractivity contribution in [3.8, 4) is 0 Å². The summed E-state index contributed by atoms with van der Waals surface area (Å²) in [4.78, 5) is 0. The number of nitrogens with one attached hydrogen (secondary N) is 1. The average Bonchev–Trinajstić information content (AvgIpc) is 2.16. The van der Waals surface area contributed by atoms with Crippen molar-refractivity contribution in [1.29, 1.82) is 0 Å². The fourth-order valence-corrected chi connectivity index (χ4v) is 0.879. The Hall–Kier alpha value is -0.160. The van der Waals surface area contributed by atoms with E-state index in [9.17, 15) is 0 Å². The molecular formula is C9H21NO3. The Kier molecular flexibility index (Phi) is 9.80. The van der Waals surface area contributed by atoms with Crippen molar-refractivity contribution in [1.82, 2.24) is 5.32 Å². The molecule has 80 valence electrons. The van der Waals surface area contributed by atoms with E-state index in [1.807, 2.05) is 0 Å². The van der Waals surface area contributed by atoms with E-state index in [0.29, 0.717) is 6.54 Å². The molecule has 0 bridgehead atoms. The van der Waals surface area contributed by atoms with Crippen LogP contribution in [0.25, 0.3) is 0 Å². The van der Waals surface area contributed by atoms with Gasteiger partial charge in [-0.05, 0) is 19.4 Å². The van der Waals surface area contributed by atoms with E-state index >= 15 is 0 Å². The molecule has 0 aliphatic heterocycles. The van der Waals surface area contributed by atoms with E-state index in [1.165, 1.54) is 0 Å². The highest BCUT2D eigenvalue weighted by Crippen LogP contribution is 1.84. The first kappa shape index (κ1) is 12.8. The smallest absolute Gasteiger partial charge is 0.0894 e. The summed E-state index contributed by atoms with van der Waals surface area (Å²) in [6, 6.07) is 0. The molecule has 0 rings (SSSR count). The van der Waals surface area contributed by atoms with Crippen LogP contribution < -0.4 is 5.32 Å². The zero-order valence-corrected chi connectivity index (χ0v) is 8.33. The topological polar surface area (TPSA) is 61.7 Å². The third-order valence-electron chi connectivity index (χ3n) is 1.58. The Morgan fingerprint density at radius 2 is 2.15 bits per heavy atom. The molecule has 0 aliphatic carbocycles. The highest BCUT2D eigenvalue weighted by molar-refractivity contribution is 4.56. The van der Waals surface area contributed by atoms with Crippen LogP contribution in [0.15, 0.2) is 0 Å². The molecule has 0 fully saturated rings. The van der Waals surface area contributed by atoms with Crippen molar-refractivity contribution < 1.29 is 14.9 Å². The lowest BCUT2D eigenvalue weighted by atomic mass is 10.3. The lowest BCUT2D eigenvalue weighted by Crippen LogP contribution is -2.30. The zero-order chi connectivity index (χ0) is 9.94. The van der Waals surface area contributed by atoms with Crippen molar-refractivity contribution in [3.05, 3.63) is 0 Å². The van der Waals surface area contributed by atoms with Crippen molar-refractivity contribution in [2.75, 3.05) is 32.9 Å². The summed E-state index contributed by atoms with van der Waals surface area (Å²) in [5.41, 5.74) is 0. The molecule has 0 aromatic heterocycles. The molecule has 0 amide bonds. The van der Waals surface area contributed by atoms with Crippen LogP contribution in [-0.4, -0.2) is 49.2 Å². The molecule has 1 atom stereocenters. The maximum atomic E-state index is 8.95.